The Balaban J connectivity index is 1.64. The lowest BCUT2D eigenvalue weighted by atomic mass is 10.0. The SMILES string of the molecule is Cc1nc2ccccc2cc1C(=O)NC(Cn1cncn1)c1ccccc1. The third kappa shape index (κ3) is 3.69. The van der Waals surface area contributed by atoms with Crippen LogP contribution in [-0.4, -0.2) is 25.7 Å². The molecule has 6 heteroatoms. The van der Waals surface area contributed by atoms with Crippen molar-refractivity contribution in [1.29, 1.82) is 0 Å². The minimum atomic E-state index is -0.230. The third-order valence-electron chi connectivity index (χ3n) is 4.50. The fourth-order valence-electron chi connectivity index (χ4n) is 3.11. The smallest absolute Gasteiger partial charge is 0.253 e. The highest BCUT2D eigenvalue weighted by Crippen LogP contribution is 2.19. The Morgan fingerprint density at radius 2 is 1.89 bits per heavy atom. The Bertz CT molecular complexity index is 1060. The second-order valence-electron chi connectivity index (χ2n) is 6.37. The number of para-hydroxylation sites is 1. The summed E-state index contributed by atoms with van der Waals surface area (Å²) in [7, 11) is 0. The van der Waals surface area contributed by atoms with Gasteiger partial charge >= 0.3 is 0 Å². The van der Waals surface area contributed by atoms with Crippen molar-refractivity contribution in [2.75, 3.05) is 0 Å². The van der Waals surface area contributed by atoms with Crippen molar-refractivity contribution in [3.05, 3.63) is 90.1 Å². The molecule has 27 heavy (non-hydrogen) atoms. The summed E-state index contributed by atoms with van der Waals surface area (Å²) >= 11 is 0. The molecule has 6 nitrogen and oxygen atoms in total. The van der Waals surface area contributed by atoms with Gasteiger partial charge in [0.05, 0.1) is 29.4 Å². The Hall–Kier alpha value is -3.54. The van der Waals surface area contributed by atoms with Gasteiger partial charge in [-0.2, -0.15) is 5.10 Å². The molecule has 2 aromatic carbocycles. The Morgan fingerprint density at radius 1 is 1.11 bits per heavy atom. The largest absolute Gasteiger partial charge is 0.343 e. The van der Waals surface area contributed by atoms with E-state index in [1.165, 1.54) is 6.33 Å². The summed E-state index contributed by atoms with van der Waals surface area (Å²) in [5.41, 5.74) is 3.17. The molecule has 1 unspecified atom stereocenters. The molecule has 0 fully saturated rings. The second-order valence-corrected chi connectivity index (χ2v) is 6.37. The number of nitrogens with one attached hydrogen (secondary N) is 1. The van der Waals surface area contributed by atoms with Gasteiger partial charge in [0.25, 0.3) is 5.91 Å². The van der Waals surface area contributed by atoms with Gasteiger partial charge in [0, 0.05) is 5.39 Å². The highest BCUT2D eigenvalue weighted by Gasteiger charge is 2.19. The Labute approximate surface area is 156 Å². The molecule has 4 rings (SSSR count). The summed E-state index contributed by atoms with van der Waals surface area (Å²) in [6.07, 6.45) is 3.13. The van der Waals surface area contributed by atoms with E-state index in [9.17, 15) is 4.79 Å². The molecule has 1 atom stereocenters. The van der Waals surface area contributed by atoms with E-state index in [0.717, 1.165) is 16.5 Å². The zero-order valence-electron chi connectivity index (χ0n) is 14.9. The van der Waals surface area contributed by atoms with Gasteiger partial charge in [-0.1, -0.05) is 48.5 Å². The number of hydrogen-bond acceptors (Lipinski definition) is 4. The standard InChI is InChI=1S/C21H19N5O/c1-15-18(11-17-9-5-6-10-19(17)24-15)21(27)25-20(12-26-14-22-13-23-26)16-7-3-2-4-8-16/h2-11,13-14,20H,12H2,1H3,(H,25,27). The van der Waals surface area contributed by atoms with Gasteiger partial charge in [-0.25, -0.2) is 4.98 Å². The fraction of sp³-hybridized carbons (Fsp3) is 0.143. The molecule has 0 aliphatic carbocycles. The summed E-state index contributed by atoms with van der Waals surface area (Å²) < 4.78 is 1.71. The third-order valence-corrected chi connectivity index (χ3v) is 4.50. The number of carbonyl (C=O) groups excluding carboxylic acids is 1. The number of hydrogen-bond donors (Lipinski definition) is 1. The normalized spacial score (nSPS) is 12.0. The van der Waals surface area contributed by atoms with E-state index in [4.69, 9.17) is 0 Å². The topological polar surface area (TPSA) is 72.7 Å². The van der Waals surface area contributed by atoms with Crippen LogP contribution >= 0.6 is 0 Å². The molecule has 0 spiro atoms. The van der Waals surface area contributed by atoms with E-state index < -0.39 is 0 Å². The first kappa shape index (κ1) is 16.9. The molecule has 0 radical (unpaired) electrons. The predicted molar refractivity (Wildman–Crippen MR) is 103 cm³/mol. The molecule has 0 saturated carbocycles. The van der Waals surface area contributed by atoms with Gasteiger partial charge in [-0.3, -0.25) is 14.5 Å². The zero-order valence-corrected chi connectivity index (χ0v) is 14.9. The molecule has 2 heterocycles. The van der Waals surface area contributed by atoms with Crippen LogP contribution in [0.3, 0.4) is 0 Å². The molecule has 1 amide bonds. The molecular weight excluding hydrogens is 338 g/mol. The van der Waals surface area contributed by atoms with E-state index >= 15 is 0 Å². The number of pyridine rings is 1. The van der Waals surface area contributed by atoms with E-state index in [1.807, 2.05) is 67.6 Å². The van der Waals surface area contributed by atoms with Crippen LogP contribution in [0.15, 0.2) is 73.3 Å². The van der Waals surface area contributed by atoms with Crippen LogP contribution in [0.1, 0.15) is 27.7 Å². The molecule has 134 valence electrons. The zero-order chi connectivity index (χ0) is 18.6. The monoisotopic (exact) mass is 357 g/mol. The number of aromatic nitrogens is 4. The molecule has 0 aliphatic heterocycles. The van der Waals surface area contributed by atoms with E-state index in [0.29, 0.717) is 17.8 Å². The summed E-state index contributed by atoms with van der Waals surface area (Å²) in [5, 5.41) is 8.23. The van der Waals surface area contributed by atoms with Crippen molar-refractivity contribution in [1.82, 2.24) is 25.1 Å². The first-order chi connectivity index (χ1) is 13.2. The second kappa shape index (κ2) is 7.37. The van der Waals surface area contributed by atoms with E-state index in [2.05, 4.69) is 20.4 Å². The van der Waals surface area contributed by atoms with Crippen LogP contribution in [0, 0.1) is 6.92 Å². The number of rotatable bonds is 5. The van der Waals surface area contributed by atoms with Crippen LogP contribution in [0.4, 0.5) is 0 Å². The van der Waals surface area contributed by atoms with Crippen molar-refractivity contribution in [3.63, 3.8) is 0 Å². The number of benzene rings is 2. The molecule has 1 N–H and O–H groups in total. The van der Waals surface area contributed by atoms with Crippen molar-refractivity contribution in [3.8, 4) is 0 Å². The fourth-order valence-corrected chi connectivity index (χ4v) is 3.11. The number of nitrogens with zero attached hydrogens (tertiary/aromatic N) is 4. The molecule has 4 aromatic rings. The van der Waals surface area contributed by atoms with Gasteiger partial charge < -0.3 is 5.32 Å². The van der Waals surface area contributed by atoms with Gasteiger partial charge in [0.15, 0.2) is 0 Å². The summed E-state index contributed by atoms with van der Waals surface area (Å²) in [5.74, 6) is -0.153. The molecule has 0 bridgehead atoms. The number of aryl methyl sites for hydroxylation is 1. The maximum absolute atomic E-state index is 13.0. The lowest BCUT2D eigenvalue weighted by molar-refractivity contribution is 0.0931. The van der Waals surface area contributed by atoms with Crippen molar-refractivity contribution < 1.29 is 4.79 Å². The lowest BCUT2D eigenvalue weighted by Crippen LogP contribution is -2.32. The van der Waals surface area contributed by atoms with E-state index in [1.54, 1.807) is 11.0 Å². The maximum Gasteiger partial charge on any atom is 0.253 e. The molecule has 0 aliphatic rings. The molecule has 2 aromatic heterocycles. The average molecular weight is 357 g/mol. The maximum atomic E-state index is 13.0. The number of amides is 1. The lowest BCUT2D eigenvalue weighted by Gasteiger charge is -2.20. The Morgan fingerprint density at radius 3 is 2.67 bits per heavy atom. The van der Waals surface area contributed by atoms with Gasteiger partial charge in [-0.15, -0.1) is 0 Å². The van der Waals surface area contributed by atoms with Gasteiger partial charge in [0.1, 0.15) is 12.7 Å². The van der Waals surface area contributed by atoms with Crippen LogP contribution in [-0.2, 0) is 6.54 Å². The minimum absolute atomic E-state index is 0.153. The number of fused-ring (bicyclic) bond motifs is 1. The number of carbonyl (C=O) groups is 1. The Kier molecular flexibility index (Phi) is 4.61. The van der Waals surface area contributed by atoms with Gasteiger partial charge in [-0.05, 0) is 24.6 Å². The highest BCUT2D eigenvalue weighted by atomic mass is 16.1. The van der Waals surface area contributed by atoms with Crippen molar-refractivity contribution in [2.24, 2.45) is 0 Å². The summed E-state index contributed by atoms with van der Waals surface area (Å²) in [6.45, 7) is 2.35. The average Bonchev–Trinajstić information content (AvgIpc) is 3.20. The quantitative estimate of drug-likeness (QED) is 0.595. The highest BCUT2D eigenvalue weighted by molar-refractivity contribution is 5.98. The predicted octanol–water partition coefficient (Wildman–Crippen LogP) is 3.31. The van der Waals surface area contributed by atoms with E-state index in [-0.39, 0.29) is 11.9 Å². The van der Waals surface area contributed by atoms with Crippen LogP contribution < -0.4 is 5.32 Å². The van der Waals surface area contributed by atoms with Crippen molar-refractivity contribution in [2.45, 2.75) is 19.5 Å². The van der Waals surface area contributed by atoms with Crippen LogP contribution in [0.5, 0.6) is 0 Å². The first-order valence-corrected chi connectivity index (χ1v) is 8.75. The minimum Gasteiger partial charge on any atom is -0.343 e. The molecular formula is C21H19N5O. The molecule has 0 saturated heterocycles. The van der Waals surface area contributed by atoms with Crippen LogP contribution in [0.2, 0.25) is 0 Å². The van der Waals surface area contributed by atoms with Crippen molar-refractivity contribution >= 4 is 16.8 Å². The summed E-state index contributed by atoms with van der Waals surface area (Å²) in [4.78, 5) is 21.6. The summed E-state index contributed by atoms with van der Waals surface area (Å²) in [6, 6.07) is 19.3. The first-order valence-electron chi connectivity index (χ1n) is 8.75. The van der Waals surface area contributed by atoms with Gasteiger partial charge in [0.2, 0.25) is 0 Å². The van der Waals surface area contributed by atoms with Crippen LogP contribution in [0.25, 0.3) is 10.9 Å².